The summed E-state index contributed by atoms with van der Waals surface area (Å²) in [7, 11) is 0. The minimum Gasteiger partial charge on any atom is -0.299 e. The van der Waals surface area contributed by atoms with Crippen molar-refractivity contribution >= 4 is 5.78 Å². The molecule has 0 spiro atoms. The minimum atomic E-state index is -0.00248. The van der Waals surface area contributed by atoms with Gasteiger partial charge in [0.15, 0.2) is 0 Å². The molecule has 0 radical (unpaired) electrons. The molecule has 2 aliphatic rings. The molecule has 1 heteroatoms. The van der Waals surface area contributed by atoms with Gasteiger partial charge < -0.3 is 0 Å². The highest BCUT2D eigenvalue weighted by atomic mass is 16.1. The van der Waals surface area contributed by atoms with Crippen molar-refractivity contribution in [3.63, 3.8) is 0 Å². The number of rotatable bonds is 2. The summed E-state index contributed by atoms with van der Waals surface area (Å²) in [5.74, 6) is 1.62. The first-order valence-corrected chi connectivity index (χ1v) is 5.99. The maximum atomic E-state index is 12.3. The maximum absolute atomic E-state index is 12.3. The second-order valence-electron chi connectivity index (χ2n) is 5.96. The lowest BCUT2D eigenvalue weighted by atomic mass is 9.70. The van der Waals surface area contributed by atoms with E-state index in [4.69, 9.17) is 0 Å². The van der Waals surface area contributed by atoms with Crippen LogP contribution >= 0.6 is 0 Å². The molecule has 2 saturated carbocycles. The van der Waals surface area contributed by atoms with Crippen molar-refractivity contribution in [3.8, 4) is 0 Å². The Bertz CT molecular complexity index is 266. The Morgan fingerprint density at radius 3 is 2.43 bits per heavy atom. The Morgan fingerprint density at radius 2 is 2.00 bits per heavy atom. The largest absolute Gasteiger partial charge is 0.299 e. The van der Waals surface area contributed by atoms with E-state index in [1.807, 2.05) is 0 Å². The average Bonchev–Trinajstić information content (AvgIpc) is 2.41. The van der Waals surface area contributed by atoms with Crippen LogP contribution in [0.25, 0.3) is 0 Å². The van der Waals surface area contributed by atoms with Gasteiger partial charge in [-0.1, -0.05) is 34.1 Å². The summed E-state index contributed by atoms with van der Waals surface area (Å²) >= 11 is 0. The molecule has 0 heterocycles. The quantitative estimate of drug-likeness (QED) is 0.658. The van der Waals surface area contributed by atoms with E-state index in [9.17, 15) is 4.79 Å². The highest BCUT2D eigenvalue weighted by Crippen LogP contribution is 2.66. The summed E-state index contributed by atoms with van der Waals surface area (Å²) in [5, 5.41) is 0. The number of carbonyl (C=O) groups excluding carboxylic acids is 1. The fraction of sp³-hybridized carbons (Fsp3) is 0.923. The van der Waals surface area contributed by atoms with Crippen molar-refractivity contribution in [2.45, 2.75) is 53.4 Å². The van der Waals surface area contributed by atoms with Crippen LogP contribution in [0.3, 0.4) is 0 Å². The molecule has 80 valence electrons. The monoisotopic (exact) mass is 194 g/mol. The van der Waals surface area contributed by atoms with E-state index in [1.54, 1.807) is 0 Å². The molecule has 2 rings (SSSR count). The van der Waals surface area contributed by atoms with E-state index in [1.165, 1.54) is 6.42 Å². The SMILES string of the molecule is CCC[C@@H]1C(=O)[C@]2(C)CC[C@@H]1C2(C)C. The smallest absolute Gasteiger partial charge is 0.142 e. The zero-order valence-electron chi connectivity index (χ0n) is 9.89. The molecule has 0 aromatic carbocycles. The highest BCUT2D eigenvalue weighted by molar-refractivity contribution is 5.91. The van der Waals surface area contributed by atoms with Gasteiger partial charge in [-0.05, 0) is 30.6 Å². The van der Waals surface area contributed by atoms with Gasteiger partial charge in [0.05, 0.1) is 0 Å². The standard InChI is InChI=1S/C13H22O/c1-5-6-9-10-7-8-13(4,11(9)14)12(10,2)3/h9-10H,5-8H2,1-4H3/t9-,10-,13-/m0/s1. The third-order valence-electron chi connectivity index (χ3n) is 5.27. The Morgan fingerprint density at radius 1 is 1.36 bits per heavy atom. The van der Waals surface area contributed by atoms with E-state index in [0.717, 1.165) is 19.3 Å². The lowest BCUT2D eigenvalue weighted by molar-refractivity contribution is -0.131. The molecule has 2 fully saturated rings. The van der Waals surface area contributed by atoms with E-state index >= 15 is 0 Å². The summed E-state index contributed by atoms with van der Waals surface area (Å²) in [4.78, 5) is 12.3. The average molecular weight is 194 g/mol. The molecule has 2 aliphatic carbocycles. The van der Waals surface area contributed by atoms with Gasteiger partial charge in [0.25, 0.3) is 0 Å². The first-order valence-electron chi connectivity index (χ1n) is 5.99. The number of fused-ring (bicyclic) bond motifs is 2. The Kier molecular flexibility index (Phi) is 2.06. The molecule has 14 heavy (non-hydrogen) atoms. The number of carbonyl (C=O) groups is 1. The summed E-state index contributed by atoms with van der Waals surface area (Å²) in [6, 6.07) is 0. The molecule has 0 aliphatic heterocycles. The number of Topliss-reactive ketones (excluding diaryl/α,β-unsaturated/α-hetero) is 1. The predicted molar refractivity (Wildman–Crippen MR) is 58.0 cm³/mol. The molecule has 2 bridgehead atoms. The fourth-order valence-electron chi connectivity index (χ4n) is 3.92. The van der Waals surface area contributed by atoms with Crippen LogP contribution in [0.15, 0.2) is 0 Å². The fourth-order valence-corrected chi connectivity index (χ4v) is 3.92. The summed E-state index contributed by atoms with van der Waals surface area (Å²) in [6.45, 7) is 9.00. The molecule has 0 aromatic heterocycles. The van der Waals surface area contributed by atoms with Crippen LogP contribution < -0.4 is 0 Å². The normalized spacial score (nSPS) is 44.7. The maximum Gasteiger partial charge on any atom is 0.142 e. The molecule has 0 saturated heterocycles. The molecule has 3 atom stereocenters. The summed E-state index contributed by atoms with van der Waals surface area (Å²) < 4.78 is 0. The molecule has 0 unspecified atom stereocenters. The van der Waals surface area contributed by atoms with Crippen LogP contribution in [0, 0.1) is 22.7 Å². The van der Waals surface area contributed by atoms with Crippen molar-refractivity contribution < 1.29 is 4.79 Å². The van der Waals surface area contributed by atoms with Gasteiger partial charge in [0, 0.05) is 11.3 Å². The van der Waals surface area contributed by atoms with Gasteiger partial charge in [-0.2, -0.15) is 0 Å². The van der Waals surface area contributed by atoms with E-state index in [2.05, 4.69) is 27.7 Å². The topological polar surface area (TPSA) is 17.1 Å². The Labute approximate surface area is 87.3 Å². The van der Waals surface area contributed by atoms with Crippen molar-refractivity contribution in [2.75, 3.05) is 0 Å². The Balaban J connectivity index is 2.34. The molecule has 1 nitrogen and oxygen atoms in total. The van der Waals surface area contributed by atoms with Crippen molar-refractivity contribution in [2.24, 2.45) is 22.7 Å². The van der Waals surface area contributed by atoms with Crippen molar-refractivity contribution in [1.82, 2.24) is 0 Å². The van der Waals surface area contributed by atoms with Gasteiger partial charge in [-0.15, -0.1) is 0 Å². The molecule has 0 N–H and O–H groups in total. The lowest BCUT2D eigenvalue weighted by Crippen LogP contribution is -2.33. The van der Waals surface area contributed by atoms with E-state index in [-0.39, 0.29) is 10.8 Å². The zero-order valence-corrected chi connectivity index (χ0v) is 9.89. The van der Waals surface area contributed by atoms with Crippen LogP contribution in [0.1, 0.15) is 53.4 Å². The third-order valence-corrected chi connectivity index (χ3v) is 5.27. The lowest BCUT2D eigenvalue weighted by Gasteiger charge is -2.32. The zero-order chi connectivity index (χ0) is 10.6. The molecular formula is C13H22O. The van der Waals surface area contributed by atoms with Crippen LogP contribution in [-0.2, 0) is 4.79 Å². The molecule has 0 aromatic rings. The van der Waals surface area contributed by atoms with Crippen molar-refractivity contribution in [3.05, 3.63) is 0 Å². The molecule has 0 amide bonds. The summed E-state index contributed by atoms with van der Waals surface area (Å²) in [6.07, 6.45) is 4.67. The van der Waals surface area contributed by atoms with Crippen LogP contribution in [0.5, 0.6) is 0 Å². The van der Waals surface area contributed by atoms with Crippen LogP contribution in [-0.4, -0.2) is 5.78 Å². The highest BCUT2D eigenvalue weighted by Gasteiger charge is 2.65. The predicted octanol–water partition coefficient (Wildman–Crippen LogP) is 3.43. The van der Waals surface area contributed by atoms with Gasteiger partial charge in [-0.3, -0.25) is 4.79 Å². The first kappa shape index (κ1) is 10.2. The first-order chi connectivity index (χ1) is 6.45. The summed E-state index contributed by atoms with van der Waals surface area (Å²) in [5.41, 5.74) is 0.251. The second kappa shape index (κ2) is 2.84. The van der Waals surface area contributed by atoms with Gasteiger partial charge in [0.2, 0.25) is 0 Å². The van der Waals surface area contributed by atoms with Crippen LogP contribution in [0.4, 0.5) is 0 Å². The Hall–Kier alpha value is -0.330. The van der Waals surface area contributed by atoms with E-state index in [0.29, 0.717) is 17.6 Å². The number of ketones is 1. The second-order valence-corrected chi connectivity index (χ2v) is 5.96. The van der Waals surface area contributed by atoms with Gasteiger partial charge in [-0.25, -0.2) is 0 Å². The van der Waals surface area contributed by atoms with E-state index < -0.39 is 0 Å². The van der Waals surface area contributed by atoms with Gasteiger partial charge >= 0.3 is 0 Å². The number of hydrogen-bond acceptors (Lipinski definition) is 1. The third kappa shape index (κ3) is 0.936. The van der Waals surface area contributed by atoms with Gasteiger partial charge in [0.1, 0.15) is 5.78 Å². The number of hydrogen-bond donors (Lipinski definition) is 0. The van der Waals surface area contributed by atoms with Crippen LogP contribution in [0.2, 0.25) is 0 Å². The van der Waals surface area contributed by atoms with Crippen molar-refractivity contribution in [1.29, 1.82) is 0 Å². The molecular weight excluding hydrogens is 172 g/mol. The minimum absolute atomic E-state index is 0.00248.